The Bertz CT molecular complexity index is 321. The molecule has 0 aromatic rings. The number of piperidine rings is 1. The Kier molecular flexibility index (Phi) is 5.48. The molecule has 3 heteroatoms. The lowest BCUT2D eigenvalue weighted by molar-refractivity contribution is -0.139. The summed E-state index contributed by atoms with van der Waals surface area (Å²) in [7, 11) is 2.00. The zero-order chi connectivity index (χ0) is 14.6. The average molecular weight is 280 g/mol. The zero-order valence-corrected chi connectivity index (χ0v) is 13.6. The standard InChI is InChI=1S/C17H32N2O/c1-17(2)11-6-4-9-15(17)16(20)19(3)13-10-14-8-5-7-12-18-14/h14-15,18H,4-13H2,1-3H3. The fraction of sp³-hybridized carbons (Fsp3) is 0.941. The summed E-state index contributed by atoms with van der Waals surface area (Å²) >= 11 is 0. The minimum Gasteiger partial charge on any atom is -0.345 e. The molecule has 1 amide bonds. The summed E-state index contributed by atoms with van der Waals surface area (Å²) in [5.74, 6) is 0.617. The van der Waals surface area contributed by atoms with E-state index < -0.39 is 0 Å². The highest BCUT2D eigenvalue weighted by atomic mass is 16.2. The number of hydrogen-bond donors (Lipinski definition) is 1. The number of nitrogens with one attached hydrogen (secondary N) is 1. The van der Waals surface area contributed by atoms with Crippen molar-refractivity contribution in [3.8, 4) is 0 Å². The Morgan fingerprint density at radius 2 is 1.95 bits per heavy atom. The van der Waals surface area contributed by atoms with Gasteiger partial charge in [-0.05, 0) is 44.1 Å². The third-order valence-electron chi connectivity index (χ3n) is 5.41. The van der Waals surface area contributed by atoms with Gasteiger partial charge in [0.15, 0.2) is 0 Å². The van der Waals surface area contributed by atoms with Crippen molar-refractivity contribution in [2.75, 3.05) is 20.1 Å². The molecule has 0 aromatic heterocycles. The van der Waals surface area contributed by atoms with Crippen LogP contribution >= 0.6 is 0 Å². The number of hydrogen-bond acceptors (Lipinski definition) is 2. The summed E-state index contributed by atoms with van der Waals surface area (Å²) in [5.41, 5.74) is 0.187. The van der Waals surface area contributed by atoms with E-state index in [4.69, 9.17) is 0 Å². The fourth-order valence-electron chi connectivity index (χ4n) is 3.85. The molecule has 1 saturated heterocycles. The minimum absolute atomic E-state index is 0.187. The van der Waals surface area contributed by atoms with E-state index in [-0.39, 0.29) is 11.3 Å². The van der Waals surface area contributed by atoms with Crippen molar-refractivity contribution in [2.45, 2.75) is 71.3 Å². The van der Waals surface area contributed by atoms with Gasteiger partial charge in [0.25, 0.3) is 0 Å². The van der Waals surface area contributed by atoms with Gasteiger partial charge in [-0.2, -0.15) is 0 Å². The van der Waals surface area contributed by atoms with Crippen LogP contribution in [0.2, 0.25) is 0 Å². The molecule has 20 heavy (non-hydrogen) atoms. The van der Waals surface area contributed by atoms with E-state index in [0.29, 0.717) is 11.9 Å². The highest BCUT2D eigenvalue weighted by molar-refractivity contribution is 5.79. The van der Waals surface area contributed by atoms with E-state index >= 15 is 0 Å². The van der Waals surface area contributed by atoms with Crippen LogP contribution in [0.3, 0.4) is 0 Å². The van der Waals surface area contributed by atoms with Crippen LogP contribution in [0, 0.1) is 11.3 Å². The van der Waals surface area contributed by atoms with Crippen LogP contribution < -0.4 is 5.32 Å². The predicted octanol–water partition coefficient (Wildman–Crippen LogP) is 3.19. The molecule has 1 aliphatic carbocycles. The molecule has 2 rings (SSSR count). The molecule has 0 aromatic carbocycles. The second-order valence-corrected chi connectivity index (χ2v) is 7.48. The summed E-state index contributed by atoms with van der Waals surface area (Å²) in [4.78, 5) is 14.7. The van der Waals surface area contributed by atoms with E-state index in [0.717, 1.165) is 25.9 Å². The molecule has 1 aliphatic heterocycles. The lowest BCUT2D eigenvalue weighted by atomic mass is 9.68. The molecule has 0 radical (unpaired) electrons. The Morgan fingerprint density at radius 3 is 2.60 bits per heavy atom. The normalized spacial score (nSPS) is 29.9. The van der Waals surface area contributed by atoms with Crippen molar-refractivity contribution in [1.29, 1.82) is 0 Å². The maximum absolute atomic E-state index is 12.7. The second kappa shape index (κ2) is 6.93. The number of carbonyl (C=O) groups is 1. The van der Waals surface area contributed by atoms with E-state index in [1.807, 2.05) is 11.9 Å². The summed E-state index contributed by atoms with van der Waals surface area (Å²) < 4.78 is 0. The molecule has 1 N–H and O–H groups in total. The lowest BCUT2D eigenvalue weighted by Crippen LogP contribution is -2.44. The molecule has 1 saturated carbocycles. The van der Waals surface area contributed by atoms with Gasteiger partial charge in [-0.1, -0.05) is 33.1 Å². The number of carbonyl (C=O) groups excluding carboxylic acids is 1. The van der Waals surface area contributed by atoms with Crippen LogP contribution in [-0.4, -0.2) is 37.0 Å². The zero-order valence-electron chi connectivity index (χ0n) is 13.6. The summed E-state index contributed by atoms with van der Waals surface area (Å²) in [6, 6.07) is 0.623. The van der Waals surface area contributed by atoms with Crippen molar-refractivity contribution in [2.24, 2.45) is 11.3 Å². The van der Waals surface area contributed by atoms with E-state index in [1.165, 1.54) is 38.5 Å². The van der Waals surface area contributed by atoms with Crippen LogP contribution in [-0.2, 0) is 4.79 Å². The first-order chi connectivity index (χ1) is 9.50. The lowest BCUT2D eigenvalue weighted by Gasteiger charge is -2.39. The van der Waals surface area contributed by atoms with Crippen LogP contribution in [0.15, 0.2) is 0 Å². The van der Waals surface area contributed by atoms with Crippen molar-refractivity contribution < 1.29 is 4.79 Å². The Balaban J connectivity index is 1.81. The molecule has 0 spiro atoms. The number of rotatable bonds is 4. The SMILES string of the molecule is CN(CCC1CCCCN1)C(=O)C1CCCCC1(C)C. The van der Waals surface area contributed by atoms with E-state index in [9.17, 15) is 4.79 Å². The Labute approximate surface area is 124 Å². The van der Waals surface area contributed by atoms with Gasteiger partial charge in [-0.3, -0.25) is 4.79 Å². The maximum atomic E-state index is 12.7. The number of amides is 1. The molecular formula is C17H32N2O. The highest BCUT2D eigenvalue weighted by Crippen LogP contribution is 2.41. The van der Waals surface area contributed by atoms with Gasteiger partial charge in [0.05, 0.1) is 0 Å². The number of nitrogens with zero attached hydrogens (tertiary/aromatic N) is 1. The summed E-state index contributed by atoms with van der Waals surface area (Å²) in [6.45, 7) is 6.59. The van der Waals surface area contributed by atoms with Crippen molar-refractivity contribution in [3.63, 3.8) is 0 Å². The highest BCUT2D eigenvalue weighted by Gasteiger charge is 2.38. The van der Waals surface area contributed by atoms with Crippen LogP contribution in [0.25, 0.3) is 0 Å². The van der Waals surface area contributed by atoms with E-state index in [2.05, 4.69) is 19.2 Å². The van der Waals surface area contributed by atoms with Gasteiger partial charge in [0, 0.05) is 25.6 Å². The van der Waals surface area contributed by atoms with Gasteiger partial charge in [-0.15, -0.1) is 0 Å². The Morgan fingerprint density at radius 1 is 1.20 bits per heavy atom. The van der Waals surface area contributed by atoms with Gasteiger partial charge >= 0.3 is 0 Å². The smallest absolute Gasteiger partial charge is 0.225 e. The van der Waals surface area contributed by atoms with Crippen LogP contribution in [0.4, 0.5) is 0 Å². The molecule has 3 nitrogen and oxygen atoms in total. The van der Waals surface area contributed by atoms with Crippen molar-refractivity contribution >= 4 is 5.91 Å². The molecule has 2 unspecified atom stereocenters. The molecular weight excluding hydrogens is 248 g/mol. The largest absolute Gasteiger partial charge is 0.345 e. The van der Waals surface area contributed by atoms with Gasteiger partial charge in [-0.25, -0.2) is 0 Å². The molecule has 0 bridgehead atoms. The Hall–Kier alpha value is -0.570. The first kappa shape index (κ1) is 15.8. The first-order valence-electron chi connectivity index (χ1n) is 8.49. The monoisotopic (exact) mass is 280 g/mol. The van der Waals surface area contributed by atoms with Crippen LogP contribution in [0.1, 0.15) is 65.2 Å². The molecule has 2 aliphatic rings. The van der Waals surface area contributed by atoms with Gasteiger partial charge in [0.1, 0.15) is 0 Å². The first-order valence-corrected chi connectivity index (χ1v) is 8.49. The topological polar surface area (TPSA) is 32.3 Å². The summed E-state index contributed by atoms with van der Waals surface area (Å²) in [5, 5.41) is 3.57. The fourth-order valence-corrected chi connectivity index (χ4v) is 3.85. The van der Waals surface area contributed by atoms with Gasteiger partial charge < -0.3 is 10.2 Å². The second-order valence-electron chi connectivity index (χ2n) is 7.48. The van der Waals surface area contributed by atoms with E-state index in [1.54, 1.807) is 0 Å². The quantitative estimate of drug-likeness (QED) is 0.857. The summed E-state index contributed by atoms with van der Waals surface area (Å²) in [6.07, 6.45) is 9.81. The maximum Gasteiger partial charge on any atom is 0.225 e. The third-order valence-corrected chi connectivity index (χ3v) is 5.41. The van der Waals surface area contributed by atoms with Crippen molar-refractivity contribution in [1.82, 2.24) is 10.2 Å². The molecule has 116 valence electrons. The predicted molar refractivity (Wildman–Crippen MR) is 83.6 cm³/mol. The third kappa shape index (κ3) is 3.97. The minimum atomic E-state index is 0.187. The van der Waals surface area contributed by atoms with Crippen LogP contribution in [0.5, 0.6) is 0 Å². The molecule has 1 heterocycles. The van der Waals surface area contributed by atoms with Crippen molar-refractivity contribution in [3.05, 3.63) is 0 Å². The van der Waals surface area contributed by atoms with Gasteiger partial charge in [0.2, 0.25) is 5.91 Å². The molecule has 2 atom stereocenters. The molecule has 2 fully saturated rings. The average Bonchev–Trinajstić information content (AvgIpc) is 2.44.